The second-order valence-electron chi connectivity index (χ2n) is 3.15. The Kier molecular flexibility index (Phi) is 3.76. The number of carbonyl (C=O) groups excluding carboxylic acids is 1. The van der Waals surface area contributed by atoms with Gasteiger partial charge in [-0.1, -0.05) is 12.5 Å². The Morgan fingerprint density at radius 2 is 2.00 bits per heavy atom. The van der Waals surface area contributed by atoms with E-state index in [1.165, 1.54) is 11.4 Å². The number of rotatable bonds is 3. The zero-order valence-electron chi connectivity index (χ0n) is 7.74. The van der Waals surface area contributed by atoms with Crippen LogP contribution >= 0.6 is 0 Å². The SMILES string of the molecule is C=CCN(C([O])=O)N1CCCCC1. The van der Waals surface area contributed by atoms with Crippen LogP contribution in [0, 0.1) is 0 Å². The van der Waals surface area contributed by atoms with Gasteiger partial charge in [-0.3, -0.25) is 0 Å². The molecule has 1 aliphatic heterocycles. The lowest BCUT2D eigenvalue weighted by atomic mass is 10.2. The topological polar surface area (TPSA) is 43.5 Å². The van der Waals surface area contributed by atoms with E-state index in [-0.39, 0.29) is 0 Å². The van der Waals surface area contributed by atoms with Crippen molar-refractivity contribution in [2.75, 3.05) is 19.6 Å². The van der Waals surface area contributed by atoms with Crippen molar-refractivity contribution in [2.45, 2.75) is 19.3 Å². The zero-order chi connectivity index (χ0) is 9.68. The smallest absolute Gasteiger partial charge is 0.233 e. The van der Waals surface area contributed by atoms with Gasteiger partial charge in [0.2, 0.25) is 0 Å². The van der Waals surface area contributed by atoms with Gasteiger partial charge < -0.3 is 0 Å². The van der Waals surface area contributed by atoms with Crippen LogP contribution < -0.4 is 0 Å². The molecule has 0 aromatic heterocycles. The Labute approximate surface area is 78.4 Å². The van der Waals surface area contributed by atoms with E-state index in [2.05, 4.69) is 6.58 Å². The first-order chi connectivity index (χ1) is 6.25. The lowest BCUT2D eigenvalue weighted by molar-refractivity contribution is -0.0233. The third-order valence-electron chi connectivity index (χ3n) is 2.19. The molecule has 1 amide bonds. The molecule has 0 aromatic rings. The summed E-state index contributed by atoms with van der Waals surface area (Å²) in [4.78, 5) is 10.7. The molecule has 0 spiro atoms. The molecule has 0 bridgehead atoms. The van der Waals surface area contributed by atoms with Crippen molar-refractivity contribution < 1.29 is 9.90 Å². The molecule has 4 nitrogen and oxygen atoms in total. The Morgan fingerprint density at radius 3 is 2.46 bits per heavy atom. The maximum atomic E-state index is 10.7. The highest BCUT2D eigenvalue weighted by Crippen LogP contribution is 2.11. The molecule has 13 heavy (non-hydrogen) atoms. The first-order valence-electron chi connectivity index (χ1n) is 4.60. The van der Waals surface area contributed by atoms with Crippen molar-refractivity contribution in [3.63, 3.8) is 0 Å². The molecular formula is C9H15N2O2. The summed E-state index contributed by atoms with van der Waals surface area (Å²) >= 11 is 0. The molecule has 0 atom stereocenters. The van der Waals surface area contributed by atoms with Gasteiger partial charge in [-0.05, 0) is 12.8 Å². The molecule has 1 heterocycles. The molecule has 0 aliphatic carbocycles. The number of carbonyl (C=O) groups is 1. The van der Waals surface area contributed by atoms with Crippen LogP contribution in [0.1, 0.15) is 19.3 Å². The van der Waals surface area contributed by atoms with Crippen LogP contribution in [0.5, 0.6) is 0 Å². The van der Waals surface area contributed by atoms with E-state index in [0.29, 0.717) is 6.54 Å². The molecule has 1 saturated heterocycles. The van der Waals surface area contributed by atoms with Crippen molar-refractivity contribution in [3.8, 4) is 0 Å². The number of hydrogen-bond acceptors (Lipinski definition) is 2. The summed E-state index contributed by atoms with van der Waals surface area (Å²) in [7, 11) is 0. The van der Waals surface area contributed by atoms with Gasteiger partial charge in [-0.15, -0.1) is 6.58 Å². The minimum atomic E-state index is -1.14. The number of hydrazine groups is 1. The Hall–Kier alpha value is -1.03. The second-order valence-corrected chi connectivity index (χ2v) is 3.15. The van der Waals surface area contributed by atoms with Crippen molar-refractivity contribution in [3.05, 3.63) is 12.7 Å². The minimum absolute atomic E-state index is 0.322. The molecule has 0 unspecified atom stereocenters. The summed E-state index contributed by atoms with van der Waals surface area (Å²) in [6.07, 6.45) is 3.74. The van der Waals surface area contributed by atoms with E-state index in [4.69, 9.17) is 0 Å². The number of hydrogen-bond donors (Lipinski definition) is 0. The summed E-state index contributed by atoms with van der Waals surface area (Å²) in [5.41, 5.74) is 0. The summed E-state index contributed by atoms with van der Waals surface area (Å²) < 4.78 is 0. The highest BCUT2D eigenvalue weighted by Gasteiger charge is 2.22. The molecule has 1 fully saturated rings. The van der Waals surface area contributed by atoms with Gasteiger partial charge in [-0.25, -0.2) is 19.9 Å². The largest absolute Gasteiger partial charge is 0.467 e. The second kappa shape index (κ2) is 4.87. The standard InChI is InChI=1S/C9H15N2O2/c1-2-6-11(9(12)13)10-7-4-3-5-8-10/h2H,1,3-8H2. The zero-order valence-corrected chi connectivity index (χ0v) is 7.74. The molecular weight excluding hydrogens is 168 g/mol. The fraction of sp³-hybridized carbons (Fsp3) is 0.667. The Bertz CT molecular complexity index is 188. The van der Waals surface area contributed by atoms with Crippen molar-refractivity contribution in [1.29, 1.82) is 0 Å². The molecule has 1 radical (unpaired) electrons. The van der Waals surface area contributed by atoms with E-state index in [9.17, 15) is 9.90 Å². The maximum Gasteiger partial charge on any atom is 0.467 e. The molecule has 4 heteroatoms. The average molecular weight is 183 g/mol. The predicted octanol–water partition coefficient (Wildman–Crippen LogP) is 1.43. The monoisotopic (exact) mass is 183 g/mol. The third-order valence-corrected chi connectivity index (χ3v) is 2.19. The van der Waals surface area contributed by atoms with E-state index in [1.54, 1.807) is 6.08 Å². The Balaban J connectivity index is 2.51. The number of nitrogens with zero attached hydrogens (tertiary/aromatic N) is 2. The highest BCUT2D eigenvalue weighted by molar-refractivity contribution is 5.64. The number of amides is 1. The summed E-state index contributed by atoms with van der Waals surface area (Å²) in [5, 5.41) is 13.8. The van der Waals surface area contributed by atoms with Crippen LogP contribution in [0.25, 0.3) is 0 Å². The minimum Gasteiger partial charge on any atom is -0.233 e. The van der Waals surface area contributed by atoms with Crippen LogP contribution in [0.3, 0.4) is 0 Å². The molecule has 73 valence electrons. The van der Waals surface area contributed by atoms with Crippen molar-refractivity contribution in [1.82, 2.24) is 10.0 Å². The molecule has 0 aromatic carbocycles. The van der Waals surface area contributed by atoms with Crippen LogP contribution in [-0.4, -0.2) is 35.7 Å². The Morgan fingerprint density at radius 1 is 1.38 bits per heavy atom. The van der Waals surface area contributed by atoms with Gasteiger partial charge >= 0.3 is 6.09 Å². The first kappa shape index (κ1) is 10.1. The fourth-order valence-electron chi connectivity index (χ4n) is 1.55. The van der Waals surface area contributed by atoms with Gasteiger partial charge in [0.05, 0.1) is 6.54 Å². The number of piperidine rings is 1. The summed E-state index contributed by atoms with van der Waals surface area (Å²) in [6, 6.07) is 0. The first-order valence-corrected chi connectivity index (χ1v) is 4.60. The van der Waals surface area contributed by atoms with Crippen LogP contribution in [0.15, 0.2) is 12.7 Å². The molecule has 1 rings (SSSR count). The van der Waals surface area contributed by atoms with Gasteiger partial charge in [0.1, 0.15) is 0 Å². The van der Waals surface area contributed by atoms with Crippen molar-refractivity contribution in [2.24, 2.45) is 0 Å². The van der Waals surface area contributed by atoms with Crippen LogP contribution in [-0.2, 0) is 5.11 Å². The van der Waals surface area contributed by atoms with E-state index < -0.39 is 6.09 Å². The van der Waals surface area contributed by atoms with Crippen LogP contribution in [0.2, 0.25) is 0 Å². The molecule has 0 N–H and O–H groups in total. The quantitative estimate of drug-likeness (QED) is 0.621. The third kappa shape index (κ3) is 2.73. The van der Waals surface area contributed by atoms with Crippen molar-refractivity contribution >= 4 is 6.09 Å². The van der Waals surface area contributed by atoms with Gasteiger partial charge in [0.15, 0.2) is 0 Å². The predicted molar refractivity (Wildman–Crippen MR) is 48.4 cm³/mol. The average Bonchev–Trinajstić information content (AvgIpc) is 2.15. The van der Waals surface area contributed by atoms with Gasteiger partial charge in [0, 0.05) is 13.1 Å². The molecule has 0 saturated carbocycles. The van der Waals surface area contributed by atoms with E-state index in [0.717, 1.165) is 25.9 Å². The fourth-order valence-corrected chi connectivity index (χ4v) is 1.55. The summed E-state index contributed by atoms with van der Waals surface area (Å²) in [6.45, 7) is 5.45. The highest BCUT2D eigenvalue weighted by atomic mass is 16.4. The van der Waals surface area contributed by atoms with E-state index in [1.807, 2.05) is 5.01 Å². The van der Waals surface area contributed by atoms with Gasteiger partial charge in [-0.2, -0.15) is 0 Å². The maximum absolute atomic E-state index is 10.7. The van der Waals surface area contributed by atoms with Gasteiger partial charge in [0.25, 0.3) is 0 Å². The lowest BCUT2D eigenvalue weighted by Gasteiger charge is -2.33. The van der Waals surface area contributed by atoms with E-state index >= 15 is 0 Å². The normalized spacial score (nSPS) is 18.2. The lowest BCUT2D eigenvalue weighted by Crippen LogP contribution is -2.47. The molecule has 1 aliphatic rings. The van der Waals surface area contributed by atoms with Crippen LogP contribution in [0.4, 0.5) is 4.79 Å². The summed E-state index contributed by atoms with van der Waals surface area (Å²) in [5.74, 6) is 0.